The second-order valence-electron chi connectivity index (χ2n) is 5.69. The van der Waals surface area contributed by atoms with Crippen LogP contribution in [0.2, 0.25) is 0 Å². The fourth-order valence-electron chi connectivity index (χ4n) is 2.96. The van der Waals surface area contributed by atoms with Gasteiger partial charge in [-0.05, 0) is 18.1 Å². The zero-order valence-electron chi connectivity index (χ0n) is 12.9. The van der Waals surface area contributed by atoms with Gasteiger partial charge in [-0.2, -0.15) is 10.2 Å². The highest BCUT2D eigenvalue weighted by Gasteiger charge is 2.31. The van der Waals surface area contributed by atoms with Crippen molar-refractivity contribution in [2.75, 3.05) is 0 Å². The van der Waals surface area contributed by atoms with Crippen LogP contribution in [0.1, 0.15) is 18.1 Å². The van der Waals surface area contributed by atoms with Gasteiger partial charge in [0.15, 0.2) is 0 Å². The van der Waals surface area contributed by atoms with Crippen LogP contribution in [-0.4, -0.2) is 23.2 Å². The molecular weight excluding hydrogens is 304 g/mol. The number of hydrazone groups is 2. The summed E-state index contributed by atoms with van der Waals surface area (Å²) >= 11 is 0. The molecule has 1 aliphatic heterocycles. The van der Waals surface area contributed by atoms with E-state index in [4.69, 9.17) is 0 Å². The summed E-state index contributed by atoms with van der Waals surface area (Å²) in [5.74, 6) is -1.34. The first-order valence-corrected chi connectivity index (χ1v) is 7.61. The van der Waals surface area contributed by atoms with Crippen molar-refractivity contribution in [1.82, 2.24) is 10.9 Å². The molecule has 4 rings (SSSR count). The van der Waals surface area contributed by atoms with Crippen molar-refractivity contribution in [2.45, 2.75) is 6.92 Å². The highest BCUT2D eigenvalue weighted by atomic mass is 16.2. The highest BCUT2D eigenvalue weighted by Crippen LogP contribution is 2.36. The number of carbonyl (C=O) groups excluding carboxylic acids is 2. The Hall–Kier alpha value is -3.28. The van der Waals surface area contributed by atoms with E-state index in [9.17, 15) is 9.59 Å². The van der Waals surface area contributed by atoms with Crippen molar-refractivity contribution in [3.63, 3.8) is 0 Å². The van der Waals surface area contributed by atoms with E-state index in [1.54, 1.807) is 6.92 Å². The molecule has 24 heavy (non-hydrogen) atoms. The van der Waals surface area contributed by atoms with Gasteiger partial charge in [0.25, 0.3) is 5.91 Å². The fraction of sp³-hybridized carbons (Fsp3) is 0.111. The van der Waals surface area contributed by atoms with Crippen molar-refractivity contribution in [1.29, 1.82) is 0 Å². The predicted molar refractivity (Wildman–Crippen MR) is 90.4 cm³/mol. The SMILES string of the molecule is CC1C(=O)NN=C1C(=O)NN=C1c2ccccc2-c2ccccc21. The van der Waals surface area contributed by atoms with Crippen molar-refractivity contribution < 1.29 is 9.59 Å². The van der Waals surface area contributed by atoms with Crippen LogP contribution in [-0.2, 0) is 9.59 Å². The van der Waals surface area contributed by atoms with Crippen molar-refractivity contribution in [3.8, 4) is 11.1 Å². The standard InChI is InChI=1S/C18H14N4O2/c1-10-15(19-21-17(10)23)18(24)22-20-16-13-8-4-2-6-11(13)12-7-3-5-9-14(12)16/h2-10H,1H3,(H,21,23)(H,22,24). The van der Waals surface area contributed by atoms with Crippen LogP contribution in [0.15, 0.2) is 58.7 Å². The molecule has 118 valence electrons. The summed E-state index contributed by atoms with van der Waals surface area (Å²) in [5, 5.41) is 8.07. The van der Waals surface area contributed by atoms with Gasteiger partial charge in [0, 0.05) is 11.1 Å². The molecule has 2 N–H and O–H groups in total. The van der Waals surface area contributed by atoms with E-state index in [0.717, 1.165) is 22.3 Å². The van der Waals surface area contributed by atoms with Gasteiger partial charge in [0.2, 0.25) is 5.91 Å². The van der Waals surface area contributed by atoms with Gasteiger partial charge in [-0.25, -0.2) is 10.9 Å². The minimum atomic E-state index is -0.576. The van der Waals surface area contributed by atoms with Gasteiger partial charge in [-0.3, -0.25) is 9.59 Å². The molecule has 6 nitrogen and oxygen atoms in total. The van der Waals surface area contributed by atoms with E-state index in [1.165, 1.54) is 0 Å². The second kappa shape index (κ2) is 5.42. The lowest BCUT2D eigenvalue weighted by atomic mass is 10.1. The van der Waals surface area contributed by atoms with E-state index >= 15 is 0 Å². The number of nitrogens with zero attached hydrogens (tertiary/aromatic N) is 2. The van der Waals surface area contributed by atoms with Crippen LogP contribution in [0.3, 0.4) is 0 Å². The van der Waals surface area contributed by atoms with Crippen LogP contribution in [0.5, 0.6) is 0 Å². The zero-order chi connectivity index (χ0) is 16.7. The summed E-state index contributed by atoms with van der Waals surface area (Å²) in [4.78, 5) is 23.7. The zero-order valence-corrected chi connectivity index (χ0v) is 12.9. The van der Waals surface area contributed by atoms with Crippen LogP contribution in [0.4, 0.5) is 0 Å². The Morgan fingerprint density at radius 2 is 1.58 bits per heavy atom. The molecule has 2 aliphatic rings. The first kappa shape index (κ1) is 14.3. The quantitative estimate of drug-likeness (QED) is 0.704. The maximum absolute atomic E-state index is 12.2. The van der Waals surface area contributed by atoms with Crippen molar-refractivity contribution >= 4 is 23.2 Å². The van der Waals surface area contributed by atoms with Crippen molar-refractivity contribution in [2.24, 2.45) is 16.1 Å². The molecule has 1 heterocycles. The molecule has 0 radical (unpaired) electrons. The van der Waals surface area contributed by atoms with E-state index in [2.05, 4.69) is 21.1 Å². The molecule has 2 aromatic carbocycles. The smallest absolute Gasteiger partial charge is 0.272 e. The van der Waals surface area contributed by atoms with Gasteiger partial charge in [-0.15, -0.1) is 0 Å². The fourth-order valence-corrected chi connectivity index (χ4v) is 2.96. The van der Waals surface area contributed by atoms with Gasteiger partial charge in [0.1, 0.15) is 5.71 Å². The Morgan fingerprint density at radius 1 is 1.04 bits per heavy atom. The summed E-state index contributed by atoms with van der Waals surface area (Å²) in [5.41, 5.74) is 9.78. The third kappa shape index (κ3) is 2.11. The molecule has 0 saturated heterocycles. The summed E-state index contributed by atoms with van der Waals surface area (Å²) in [6.07, 6.45) is 0. The van der Waals surface area contributed by atoms with E-state index in [0.29, 0.717) is 5.71 Å². The molecule has 0 fully saturated rings. The molecule has 6 heteroatoms. The minimum absolute atomic E-state index is 0.143. The molecule has 2 aromatic rings. The number of amides is 2. The highest BCUT2D eigenvalue weighted by molar-refractivity contribution is 6.44. The normalized spacial score (nSPS) is 17.7. The number of rotatable bonds is 2. The number of nitrogens with one attached hydrogen (secondary N) is 2. The largest absolute Gasteiger partial charge is 0.288 e. The van der Waals surface area contributed by atoms with Crippen LogP contribution in [0, 0.1) is 5.92 Å². The first-order chi connectivity index (χ1) is 11.7. The lowest BCUT2D eigenvalue weighted by molar-refractivity contribution is -0.122. The van der Waals surface area contributed by atoms with Gasteiger partial charge >= 0.3 is 0 Å². The molecule has 1 aliphatic carbocycles. The number of carbonyl (C=O) groups is 2. The average molecular weight is 318 g/mol. The summed E-state index contributed by atoms with van der Waals surface area (Å²) in [6, 6.07) is 15.8. The third-order valence-electron chi connectivity index (χ3n) is 4.25. The van der Waals surface area contributed by atoms with Crippen molar-refractivity contribution in [3.05, 3.63) is 59.7 Å². The number of hydrogen-bond donors (Lipinski definition) is 2. The molecule has 1 atom stereocenters. The van der Waals surface area contributed by atoms with E-state index in [1.807, 2.05) is 48.5 Å². The predicted octanol–water partition coefficient (Wildman–Crippen LogP) is 1.66. The number of fused-ring (bicyclic) bond motifs is 3. The van der Waals surface area contributed by atoms with Gasteiger partial charge in [-0.1, -0.05) is 48.5 Å². The van der Waals surface area contributed by atoms with E-state index in [-0.39, 0.29) is 11.6 Å². The van der Waals surface area contributed by atoms with Crippen LogP contribution < -0.4 is 10.9 Å². The Bertz CT molecular complexity index is 883. The summed E-state index contributed by atoms with van der Waals surface area (Å²) in [6.45, 7) is 1.63. The topological polar surface area (TPSA) is 82.9 Å². The molecule has 2 amide bonds. The Kier molecular flexibility index (Phi) is 3.23. The third-order valence-corrected chi connectivity index (χ3v) is 4.25. The van der Waals surface area contributed by atoms with Crippen LogP contribution in [0.25, 0.3) is 11.1 Å². The Morgan fingerprint density at radius 3 is 2.08 bits per heavy atom. The Labute approximate surface area is 138 Å². The molecule has 0 aromatic heterocycles. The Balaban J connectivity index is 1.68. The first-order valence-electron chi connectivity index (χ1n) is 7.61. The number of hydrogen-bond acceptors (Lipinski definition) is 4. The lowest BCUT2D eigenvalue weighted by Gasteiger charge is -2.05. The molecule has 0 spiro atoms. The van der Waals surface area contributed by atoms with Crippen LogP contribution >= 0.6 is 0 Å². The minimum Gasteiger partial charge on any atom is -0.272 e. The number of benzene rings is 2. The van der Waals surface area contributed by atoms with Gasteiger partial charge in [0.05, 0.1) is 11.6 Å². The monoisotopic (exact) mass is 318 g/mol. The maximum Gasteiger partial charge on any atom is 0.288 e. The molecule has 0 bridgehead atoms. The molecule has 0 saturated carbocycles. The summed E-state index contributed by atoms with van der Waals surface area (Å²) < 4.78 is 0. The van der Waals surface area contributed by atoms with E-state index < -0.39 is 11.8 Å². The lowest BCUT2D eigenvalue weighted by Crippen LogP contribution is -2.32. The summed E-state index contributed by atoms with van der Waals surface area (Å²) in [7, 11) is 0. The van der Waals surface area contributed by atoms with Gasteiger partial charge < -0.3 is 0 Å². The second-order valence-corrected chi connectivity index (χ2v) is 5.69. The molecular formula is C18H14N4O2. The molecule has 1 unspecified atom stereocenters. The maximum atomic E-state index is 12.2. The average Bonchev–Trinajstić information content (AvgIpc) is 3.11.